The molecule has 0 spiro atoms. The molecule has 4 rings (SSSR count). The van der Waals surface area contributed by atoms with Gasteiger partial charge in [-0.3, -0.25) is 4.79 Å². The molecule has 5 heteroatoms. The third-order valence-electron chi connectivity index (χ3n) is 7.39. The van der Waals surface area contributed by atoms with Gasteiger partial charge in [0.25, 0.3) is 5.91 Å². The smallest absolute Gasteiger partial charge is 0.254 e. The first-order valence-electron chi connectivity index (χ1n) is 13.2. The van der Waals surface area contributed by atoms with Crippen molar-refractivity contribution in [3.05, 3.63) is 59.2 Å². The Balaban J connectivity index is 1.24. The molecule has 2 aromatic carbocycles. The molecule has 2 aromatic rings. The van der Waals surface area contributed by atoms with Crippen LogP contribution in [0.2, 0.25) is 0 Å². The van der Waals surface area contributed by atoms with Crippen LogP contribution in [0.4, 0.5) is 5.69 Å². The first kappa shape index (κ1) is 24.6. The Kier molecular flexibility index (Phi) is 8.49. The van der Waals surface area contributed by atoms with Crippen LogP contribution in [0, 0.1) is 6.92 Å². The number of aryl methyl sites for hydroxylation is 2. The second kappa shape index (κ2) is 11.7. The van der Waals surface area contributed by atoms with Crippen molar-refractivity contribution >= 4 is 11.6 Å². The largest absolute Gasteiger partial charge is 0.494 e. The highest BCUT2D eigenvalue weighted by atomic mass is 16.5. The normalized spacial score (nSPS) is 19.0. The van der Waals surface area contributed by atoms with Gasteiger partial charge < -0.3 is 19.4 Å². The maximum atomic E-state index is 13.2. The van der Waals surface area contributed by atoms with Crippen LogP contribution in [-0.2, 0) is 6.42 Å². The van der Waals surface area contributed by atoms with Crippen molar-refractivity contribution in [1.29, 1.82) is 0 Å². The molecule has 0 saturated carbocycles. The molecule has 5 nitrogen and oxygen atoms in total. The van der Waals surface area contributed by atoms with E-state index in [1.807, 2.05) is 11.8 Å². The van der Waals surface area contributed by atoms with Crippen LogP contribution in [0.3, 0.4) is 0 Å². The van der Waals surface area contributed by atoms with Crippen molar-refractivity contribution < 1.29 is 9.53 Å². The summed E-state index contributed by atoms with van der Waals surface area (Å²) in [6.45, 7) is 12.9. The number of piperazine rings is 1. The van der Waals surface area contributed by atoms with Gasteiger partial charge in [0.15, 0.2) is 0 Å². The van der Waals surface area contributed by atoms with E-state index < -0.39 is 0 Å². The second-order valence-electron chi connectivity index (χ2n) is 9.90. The topological polar surface area (TPSA) is 36.0 Å². The van der Waals surface area contributed by atoms with E-state index in [1.54, 1.807) is 0 Å². The minimum absolute atomic E-state index is 0.169. The molecule has 1 atom stereocenters. The van der Waals surface area contributed by atoms with Crippen molar-refractivity contribution in [2.24, 2.45) is 0 Å². The third-order valence-corrected chi connectivity index (χ3v) is 7.39. The first-order valence-corrected chi connectivity index (χ1v) is 13.2. The van der Waals surface area contributed by atoms with E-state index in [-0.39, 0.29) is 5.91 Å². The van der Waals surface area contributed by atoms with Gasteiger partial charge in [-0.25, -0.2) is 0 Å². The van der Waals surface area contributed by atoms with E-state index in [4.69, 9.17) is 4.74 Å². The molecule has 1 unspecified atom stereocenters. The lowest BCUT2D eigenvalue weighted by atomic mass is 10.0. The third kappa shape index (κ3) is 6.12. The van der Waals surface area contributed by atoms with Crippen molar-refractivity contribution in [3.8, 4) is 5.75 Å². The van der Waals surface area contributed by atoms with Crippen LogP contribution in [0.25, 0.3) is 0 Å². The first-order chi connectivity index (χ1) is 16.5. The van der Waals surface area contributed by atoms with Crippen LogP contribution < -0.4 is 9.64 Å². The van der Waals surface area contributed by atoms with Crippen LogP contribution in [-0.4, -0.2) is 67.6 Å². The zero-order chi connectivity index (χ0) is 23.9. The average Bonchev–Trinajstić information content (AvgIpc) is 3.28. The number of rotatable bonds is 9. The predicted molar refractivity (Wildman–Crippen MR) is 140 cm³/mol. The second-order valence-corrected chi connectivity index (χ2v) is 9.90. The molecule has 34 heavy (non-hydrogen) atoms. The Labute approximate surface area is 205 Å². The van der Waals surface area contributed by atoms with E-state index >= 15 is 0 Å². The molecular weight excluding hydrogens is 422 g/mol. The molecule has 2 aliphatic heterocycles. The highest BCUT2D eigenvalue weighted by Gasteiger charge is 2.24. The average molecular weight is 464 g/mol. The van der Waals surface area contributed by atoms with Gasteiger partial charge in [0, 0.05) is 50.0 Å². The molecule has 2 aliphatic rings. The summed E-state index contributed by atoms with van der Waals surface area (Å²) in [6, 6.07) is 15.5. The van der Waals surface area contributed by atoms with Gasteiger partial charge in [0.05, 0.1) is 6.61 Å². The molecular formula is C29H41N3O2. The molecule has 0 bridgehead atoms. The predicted octanol–water partition coefficient (Wildman–Crippen LogP) is 5.16. The minimum Gasteiger partial charge on any atom is -0.494 e. The number of ether oxygens (including phenoxy) is 1. The summed E-state index contributed by atoms with van der Waals surface area (Å²) in [5.41, 5.74) is 4.38. The van der Waals surface area contributed by atoms with E-state index in [9.17, 15) is 4.79 Å². The summed E-state index contributed by atoms with van der Waals surface area (Å²) in [5.74, 6) is 1.11. The molecule has 1 amide bonds. The van der Waals surface area contributed by atoms with Crippen molar-refractivity contribution in [2.45, 2.75) is 58.9 Å². The van der Waals surface area contributed by atoms with Crippen molar-refractivity contribution in [1.82, 2.24) is 9.80 Å². The van der Waals surface area contributed by atoms with E-state index in [0.717, 1.165) is 81.5 Å². The highest BCUT2D eigenvalue weighted by molar-refractivity contribution is 5.96. The fourth-order valence-corrected chi connectivity index (χ4v) is 5.22. The number of hydrogen-bond acceptors (Lipinski definition) is 4. The fraction of sp³-hybridized carbons (Fsp3) is 0.552. The Bertz CT molecular complexity index is 935. The lowest BCUT2D eigenvalue weighted by molar-refractivity contribution is 0.0746. The van der Waals surface area contributed by atoms with Gasteiger partial charge in [0.1, 0.15) is 5.75 Å². The monoisotopic (exact) mass is 463 g/mol. The SMILES string of the molecule is CCCc1ccc(C)c(C(=O)N2CCN(c3ccc(OCCCN4CCCC4C)cc3)CC2)c1. The number of likely N-dealkylation sites (tertiary alicyclic amines) is 1. The van der Waals surface area contributed by atoms with Crippen LogP contribution in [0.5, 0.6) is 5.75 Å². The number of amides is 1. The van der Waals surface area contributed by atoms with Gasteiger partial charge in [-0.15, -0.1) is 0 Å². The summed E-state index contributed by atoms with van der Waals surface area (Å²) in [7, 11) is 0. The number of carbonyl (C=O) groups excluding carboxylic acids is 1. The Morgan fingerprint density at radius 2 is 1.79 bits per heavy atom. The summed E-state index contributed by atoms with van der Waals surface area (Å²) in [6.07, 6.45) is 5.85. The summed E-state index contributed by atoms with van der Waals surface area (Å²) in [5, 5.41) is 0. The number of carbonyl (C=O) groups is 1. The zero-order valence-electron chi connectivity index (χ0n) is 21.3. The lowest BCUT2D eigenvalue weighted by Gasteiger charge is -2.36. The number of nitrogens with zero attached hydrogens (tertiary/aromatic N) is 3. The van der Waals surface area contributed by atoms with Crippen LogP contribution >= 0.6 is 0 Å². The lowest BCUT2D eigenvalue weighted by Crippen LogP contribution is -2.49. The van der Waals surface area contributed by atoms with Crippen molar-refractivity contribution in [3.63, 3.8) is 0 Å². The summed E-state index contributed by atoms with van der Waals surface area (Å²) in [4.78, 5) is 20.1. The zero-order valence-corrected chi connectivity index (χ0v) is 21.3. The highest BCUT2D eigenvalue weighted by Crippen LogP contribution is 2.23. The van der Waals surface area contributed by atoms with E-state index in [1.165, 1.54) is 30.6 Å². The minimum atomic E-state index is 0.169. The molecule has 0 radical (unpaired) electrons. The number of hydrogen-bond donors (Lipinski definition) is 0. The van der Waals surface area contributed by atoms with Crippen LogP contribution in [0.15, 0.2) is 42.5 Å². The quantitative estimate of drug-likeness (QED) is 0.481. The number of benzene rings is 2. The number of anilines is 1. The standard InChI is InChI=1S/C29H41N3O2/c1-4-7-25-10-9-23(2)28(22-25)29(33)32-19-17-31(18-20-32)26-11-13-27(14-12-26)34-21-6-16-30-15-5-8-24(30)3/h9-14,22,24H,4-8,15-21H2,1-3H3. The molecule has 2 fully saturated rings. The molecule has 0 N–H and O–H groups in total. The van der Waals surface area contributed by atoms with Gasteiger partial charge >= 0.3 is 0 Å². The molecule has 0 aromatic heterocycles. The Morgan fingerprint density at radius 3 is 2.47 bits per heavy atom. The van der Waals surface area contributed by atoms with E-state index in [2.05, 4.69) is 66.1 Å². The maximum Gasteiger partial charge on any atom is 0.254 e. The molecule has 0 aliphatic carbocycles. The summed E-state index contributed by atoms with van der Waals surface area (Å²) < 4.78 is 5.98. The molecule has 184 valence electrons. The fourth-order valence-electron chi connectivity index (χ4n) is 5.22. The van der Waals surface area contributed by atoms with Gasteiger partial charge in [-0.2, -0.15) is 0 Å². The van der Waals surface area contributed by atoms with Gasteiger partial charge in [-0.1, -0.05) is 25.5 Å². The van der Waals surface area contributed by atoms with Crippen LogP contribution in [0.1, 0.15) is 61.0 Å². The van der Waals surface area contributed by atoms with Crippen molar-refractivity contribution in [2.75, 3.05) is 50.8 Å². The van der Waals surface area contributed by atoms with Gasteiger partial charge in [0.2, 0.25) is 0 Å². The molecule has 2 heterocycles. The Morgan fingerprint density at radius 1 is 1.03 bits per heavy atom. The molecule has 2 saturated heterocycles. The van der Waals surface area contributed by atoms with E-state index in [0.29, 0.717) is 0 Å². The summed E-state index contributed by atoms with van der Waals surface area (Å²) >= 11 is 0. The van der Waals surface area contributed by atoms with Gasteiger partial charge in [-0.05, 0) is 87.5 Å². The Hall–Kier alpha value is -2.53. The maximum absolute atomic E-state index is 13.2.